The van der Waals surface area contributed by atoms with E-state index in [0.29, 0.717) is 5.56 Å². The SMILES string of the molecule is O=C(NNC(=O)c1cc2ccccc2cc1O)c1ccccc1. The molecule has 5 nitrogen and oxygen atoms in total. The third-order valence-corrected chi connectivity index (χ3v) is 3.43. The second-order valence-corrected chi connectivity index (χ2v) is 4.99. The molecule has 0 saturated carbocycles. The number of rotatable bonds is 2. The molecule has 0 aliphatic rings. The molecule has 3 aromatic carbocycles. The maximum atomic E-state index is 12.2. The Morgan fingerprint density at radius 3 is 2.00 bits per heavy atom. The van der Waals surface area contributed by atoms with Crippen LogP contribution in [0.5, 0.6) is 5.75 Å². The first kappa shape index (κ1) is 14.6. The molecule has 0 bridgehead atoms. The van der Waals surface area contributed by atoms with Gasteiger partial charge in [-0.3, -0.25) is 20.4 Å². The third kappa shape index (κ3) is 3.13. The Balaban J connectivity index is 1.76. The van der Waals surface area contributed by atoms with Crippen LogP contribution in [0.15, 0.2) is 66.7 Å². The highest BCUT2D eigenvalue weighted by Crippen LogP contribution is 2.24. The Morgan fingerprint density at radius 1 is 0.739 bits per heavy atom. The summed E-state index contributed by atoms with van der Waals surface area (Å²) in [6.07, 6.45) is 0. The molecule has 0 aromatic heterocycles. The van der Waals surface area contributed by atoms with Gasteiger partial charge in [0.05, 0.1) is 5.56 Å². The smallest absolute Gasteiger partial charge is 0.273 e. The van der Waals surface area contributed by atoms with Crippen molar-refractivity contribution in [3.63, 3.8) is 0 Å². The molecule has 3 aromatic rings. The van der Waals surface area contributed by atoms with Gasteiger partial charge in [0.15, 0.2) is 0 Å². The largest absolute Gasteiger partial charge is 0.507 e. The lowest BCUT2D eigenvalue weighted by atomic mass is 10.1. The van der Waals surface area contributed by atoms with Crippen molar-refractivity contribution in [3.8, 4) is 5.75 Å². The van der Waals surface area contributed by atoms with Gasteiger partial charge in [-0.05, 0) is 35.0 Å². The Kier molecular flexibility index (Phi) is 3.93. The van der Waals surface area contributed by atoms with E-state index in [1.54, 1.807) is 36.4 Å². The maximum absolute atomic E-state index is 12.2. The summed E-state index contributed by atoms with van der Waals surface area (Å²) in [4.78, 5) is 24.0. The number of amides is 2. The first-order chi connectivity index (χ1) is 11.1. The normalized spacial score (nSPS) is 10.3. The summed E-state index contributed by atoms with van der Waals surface area (Å²) in [5, 5.41) is 11.6. The van der Waals surface area contributed by atoms with E-state index in [0.717, 1.165) is 10.8 Å². The highest BCUT2D eigenvalue weighted by Gasteiger charge is 2.13. The van der Waals surface area contributed by atoms with Gasteiger partial charge in [-0.2, -0.15) is 0 Å². The van der Waals surface area contributed by atoms with Crippen LogP contribution in [-0.2, 0) is 0 Å². The van der Waals surface area contributed by atoms with Crippen molar-refractivity contribution in [2.75, 3.05) is 0 Å². The average Bonchev–Trinajstić information content (AvgIpc) is 2.59. The van der Waals surface area contributed by atoms with E-state index in [-0.39, 0.29) is 11.3 Å². The highest BCUT2D eigenvalue weighted by atomic mass is 16.3. The standard InChI is InChI=1S/C18H14N2O3/c21-16-11-14-9-5-4-8-13(14)10-15(16)18(23)20-19-17(22)12-6-2-1-3-7-12/h1-11,21H,(H,19,22)(H,20,23). The van der Waals surface area contributed by atoms with Crippen LogP contribution in [0.25, 0.3) is 10.8 Å². The topological polar surface area (TPSA) is 78.4 Å². The molecule has 23 heavy (non-hydrogen) atoms. The fourth-order valence-corrected chi connectivity index (χ4v) is 2.25. The molecule has 0 radical (unpaired) electrons. The number of hydrogen-bond donors (Lipinski definition) is 3. The van der Waals surface area contributed by atoms with E-state index in [1.807, 2.05) is 24.3 Å². The summed E-state index contributed by atoms with van der Waals surface area (Å²) in [6.45, 7) is 0. The molecule has 0 heterocycles. The second kappa shape index (κ2) is 6.19. The van der Waals surface area contributed by atoms with Crippen molar-refractivity contribution in [2.45, 2.75) is 0 Å². The number of carbonyl (C=O) groups is 2. The minimum absolute atomic E-state index is 0.0945. The van der Waals surface area contributed by atoms with E-state index in [2.05, 4.69) is 10.9 Å². The van der Waals surface area contributed by atoms with Crippen molar-refractivity contribution >= 4 is 22.6 Å². The van der Waals surface area contributed by atoms with Crippen LogP contribution in [-0.4, -0.2) is 16.9 Å². The molecule has 0 atom stereocenters. The second-order valence-electron chi connectivity index (χ2n) is 4.99. The highest BCUT2D eigenvalue weighted by molar-refractivity contribution is 6.03. The number of phenols is 1. The van der Waals surface area contributed by atoms with Crippen molar-refractivity contribution in [1.29, 1.82) is 0 Å². The fourth-order valence-electron chi connectivity index (χ4n) is 2.25. The average molecular weight is 306 g/mol. The summed E-state index contributed by atoms with van der Waals surface area (Å²) >= 11 is 0. The van der Waals surface area contributed by atoms with E-state index in [9.17, 15) is 14.7 Å². The van der Waals surface area contributed by atoms with Gasteiger partial charge in [0, 0.05) is 5.56 Å². The lowest BCUT2D eigenvalue weighted by molar-refractivity contribution is 0.0845. The van der Waals surface area contributed by atoms with Crippen LogP contribution in [0.1, 0.15) is 20.7 Å². The minimum atomic E-state index is -0.586. The molecule has 0 saturated heterocycles. The number of carbonyl (C=O) groups excluding carboxylic acids is 2. The Morgan fingerprint density at radius 2 is 1.30 bits per heavy atom. The molecule has 0 aliphatic carbocycles. The summed E-state index contributed by atoms with van der Waals surface area (Å²) in [5.74, 6) is -1.16. The quantitative estimate of drug-likeness (QED) is 0.637. The number of benzene rings is 3. The number of aromatic hydroxyl groups is 1. The van der Waals surface area contributed by atoms with E-state index in [1.165, 1.54) is 6.07 Å². The van der Waals surface area contributed by atoms with Gasteiger partial charge < -0.3 is 5.11 Å². The van der Waals surface area contributed by atoms with Crippen LogP contribution in [0.3, 0.4) is 0 Å². The van der Waals surface area contributed by atoms with Crippen molar-refractivity contribution in [1.82, 2.24) is 10.9 Å². The number of phenolic OH excluding ortho intramolecular Hbond substituents is 1. The summed E-state index contributed by atoms with van der Waals surface area (Å²) in [6, 6.07) is 19.0. The van der Waals surface area contributed by atoms with Crippen molar-refractivity contribution in [2.24, 2.45) is 0 Å². The molecule has 0 fully saturated rings. The molecular formula is C18H14N2O3. The van der Waals surface area contributed by atoms with Crippen molar-refractivity contribution < 1.29 is 14.7 Å². The van der Waals surface area contributed by atoms with Gasteiger partial charge in [0.25, 0.3) is 11.8 Å². The van der Waals surface area contributed by atoms with Crippen LogP contribution >= 0.6 is 0 Å². The Bertz CT molecular complexity index is 876. The third-order valence-electron chi connectivity index (χ3n) is 3.43. The molecule has 0 spiro atoms. The van der Waals surface area contributed by atoms with Crippen LogP contribution in [0.4, 0.5) is 0 Å². The van der Waals surface area contributed by atoms with Gasteiger partial charge >= 0.3 is 0 Å². The lowest BCUT2D eigenvalue weighted by Gasteiger charge is -2.09. The molecule has 3 rings (SSSR count). The van der Waals surface area contributed by atoms with Gasteiger partial charge in [-0.25, -0.2) is 0 Å². The number of hydrogen-bond acceptors (Lipinski definition) is 3. The zero-order valence-electron chi connectivity index (χ0n) is 12.1. The van der Waals surface area contributed by atoms with Crippen LogP contribution < -0.4 is 10.9 Å². The first-order valence-electron chi connectivity index (χ1n) is 7.02. The molecule has 2 amide bonds. The monoisotopic (exact) mass is 306 g/mol. The number of hydrazine groups is 1. The van der Waals surface area contributed by atoms with Crippen LogP contribution in [0.2, 0.25) is 0 Å². The van der Waals surface area contributed by atoms with Gasteiger partial charge in [0.2, 0.25) is 0 Å². The summed E-state index contributed by atoms with van der Waals surface area (Å²) in [5.41, 5.74) is 5.15. The van der Waals surface area contributed by atoms with Gasteiger partial charge in [-0.15, -0.1) is 0 Å². The predicted octanol–water partition coefficient (Wildman–Crippen LogP) is 2.62. The van der Waals surface area contributed by atoms with E-state index < -0.39 is 11.8 Å². The molecule has 114 valence electrons. The van der Waals surface area contributed by atoms with Crippen molar-refractivity contribution in [3.05, 3.63) is 77.9 Å². The predicted molar refractivity (Wildman–Crippen MR) is 87.0 cm³/mol. The number of fused-ring (bicyclic) bond motifs is 1. The molecule has 5 heteroatoms. The minimum Gasteiger partial charge on any atom is -0.507 e. The zero-order valence-corrected chi connectivity index (χ0v) is 12.1. The van der Waals surface area contributed by atoms with Gasteiger partial charge in [-0.1, -0.05) is 42.5 Å². The maximum Gasteiger partial charge on any atom is 0.273 e. The zero-order chi connectivity index (χ0) is 16.2. The molecular weight excluding hydrogens is 292 g/mol. The van der Waals surface area contributed by atoms with E-state index >= 15 is 0 Å². The van der Waals surface area contributed by atoms with Gasteiger partial charge in [0.1, 0.15) is 5.75 Å². The molecule has 0 aliphatic heterocycles. The lowest BCUT2D eigenvalue weighted by Crippen LogP contribution is -2.41. The molecule has 3 N–H and O–H groups in total. The summed E-state index contributed by atoms with van der Waals surface area (Å²) < 4.78 is 0. The fraction of sp³-hybridized carbons (Fsp3) is 0. The molecule has 0 unspecified atom stereocenters. The Hall–Kier alpha value is -3.34. The summed E-state index contributed by atoms with van der Waals surface area (Å²) in [7, 11) is 0. The van der Waals surface area contributed by atoms with E-state index in [4.69, 9.17) is 0 Å². The first-order valence-corrected chi connectivity index (χ1v) is 7.02. The number of nitrogens with one attached hydrogen (secondary N) is 2. The van der Waals surface area contributed by atoms with Crippen LogP contribution in [0, 0.1) is 0 Å². The Labute approximate surface area is 132 Å².